The van der Waals surface area contributed by atoms with E-state index in [0.717, 1.165) is 19.4 Å². The van der Waals surface area contributed by atoms with E-state index in [4.69, 9.17) is 10.5 Å². The molecule has 0 aromatic heterocycles. The monoisotopic (exact) mass is 186 g/mol. The van der Waals surface area contributed by atoms with E-state index in [9.17, 15) is 4.79 Å². The maximum atomic E-state index is 11.4. The molecule has 0 radical (unpaired) electrons. The average Bonchev–Trinajstić information content (AvgIpc) is 2.14. The number of amides is 1. The summed E-state index contributed by atoms with van der Waals surface area (Å²) >= 11 is 0. The predicted molar refractivity (Wildman–Crippen MR) is 50.3 cm³/mol. The molecule has 0 bridgehead atoms. The van der Waals surface area contributed by atoms with Gasteiger partial charge in [-0.05, 0) is 19.8 Å². The second-order valence-corrected chi connectivity index (χ2v) is 3.38. The summed E-state index contributed by atoms with van der Waals surface area (Å²) in [5, 5.41) is 0. The van der Waals surface area contributed by atoms with Crippen molar-refractivity contribution in [2.24, 2.45) is 5.73 Å². The summed E-state index contributed by atoms with van der Waals surface area (Å²) in [4.78, 5) is 13.2. The van der Waals surface area contributed by atoms with Crippen LogP contribution in [0.3, 0.4) is 0 Å². The number of hydrogen-bond acceptors (Lipinski definition) is 3. The van der Waals surface area contributed by atoms with Gasteiger partial charge in [0.2, 0.25) is 5.91 Å². The molecule has 0 unspecified atom stereocenters. The van der Waals surface area contributed by atoms with Gasteiger partial charge in [0.15, 0.2) is 0 Å². The first-order valence-corrected chi connectivity index (χ1v) is 4.85. The van der Waals surface area contributed by atoms with E-state index >= 15 is 0 Å². The van der Waals surface area contributed by atoms with Crippen molar-refractivity contribution < 1.29 is 9.53 Å². The van der Waals surface area contributed by atoms with Crippen molar-refractivity contribution in [3.8, 4) is 0 Å². The molecule has 13 heavy (non-hydrogen) atoms. The smallest absolute Gasteiger partial charge is 0.248 e. The van der Waals surface area contributed by atoms with E-state index in [1.54, 1.807) is 4.90 Å². The third kappa shape index (κ3) is 3.32. The van der Waals surface area contributed by atoms with Gasteiger partial charge in [0.05, 0.1) is 0 Å². The summed E-state index contributed by atoms with van der Waals surface area (Å²) in [5.41, 5.74) is 5.76. The number of nitrogens with two attached hydrogens (primary N) is 1. The highest BCUT2D eigenvalue weighted by molar-refractivity contribution is 5.77. The van der Waals surface area contributed by atoms with Gasteiger partial charge in [-0.1, -0.05) is 0 Å². The Morgan fingerprint density at radius 3 is 3.08 bits per heavy atom. The summed E-state index contributed by atoms with van der Waals surface area (Å²) in [6.07, 6.45) is 2.04. The molecule has 1 rings (SSSR count). The molecule has 1 heterocycles. The van der Waals surface area contributed by atoms with Gasteiger partial charge in [0.1, 0.15) is 6.61 Å². The summed E-state index contributed by atoms with van der Waals surface area (Å²) < 4.78 is 5.05. The molecule has 1 aliphatic rings. The molecule has 0 aromatic carbocycles. The van der Waals surface area contributed by atoms with Crippen molar-refractivity contribution in [1.29, 1.82) is 0 Å². The Morgan fingerprint density at radius 2 is 2.46 bits per heavy atom. The largest absolute Gasteiger partial charge is 0.372 e. The molecule has 0 spiro atoms. The molecule has 1 atom stereocenters. The van der Waals surface area contributed by atoms with Gasteiger partial charge >= 0.3 is 0 Å². The molecule has 76 valence electrons. The first-order valence-electron chi connectivity index (χ1n) is 4.85. The highest BCUT2D eigenvalue weighted by atomic mass is 16.5. The first-order chi connectivity index (χ1) is 6.24. The summed E-state index contributed by atoms with van der Waals surface area (Å²) in [5.74, 6) is 0.0667. The number of rotatable bonds is 3. The molecular weight excluding hydrogens is 168 g/mol. The van der Waals surface area contributed by atoms with Crippen molar-refractivity contribution in [3.63, 3.8) is 0 Å². The molecule has 4 heteroatoms. The topological polar surface area (TPSA) is 55.6 Å². The van der Waals surface area contributed by atoms with Crippen LogP contribution >= 0.6 is 0 Å². The van der Waals surface area contributed by atoms with Gasteiger partial charge in [-0.3, -0.25) is 4.79 Å². The Kier molecular flexibility index (Phi) is 4.18. The maximum Gasteiger partial charge on any atom is 0.248 e. The van der Waals surface area contributed by atoms with Crippen LogP contribution in [-0.4, -0.2) is 43.2 Å². The lowest BCUT2D eigenvalue weighted by atomic mass is 10.1. The highest BCUT2D eigenvalue weighted by Gasteiger charge is 2.20. The van der Waals surface area contributed by atoms with Crippen LogP contribution < -0.4 is 5.73 Å². The van der Waals surface area contributed by atoms with E-state index < -0.39 is 0 Å². The molecule has 0 aromatic rings. The summed E-state index contributed by atoms with van der Waals surface area (Å²) in [6, 6.07) is 0.152. The minimum Gasteiger partial charge on any atom is -0.372 e. The fourth-order valence-corrected chi connectivity index (χ4v) is 1.52. The molecule has 0 saturated carbocycles. The minimum absolute atomic E-state index is 0.0667. The number of likely N-dealkylation sites (tertiary alicyclic amines) is 1. The third-order valence-corrected chi connectivity index (χ3v) is 2.24. The fraction of sp³-hybridized carbons (Fsp3) is 0.889. The van der Waals surface area contributed by atoms with Crippen LogP contribution in [0.2, 0.25) is 0 Å². The van der Waals surface area contributed by atoms with E-state index in [-0.39, 0.29) is 18.6 Å². The number of carbonyl (C=O) groups excluding carboxylic acids is 1. The Hall–Kier alpha value is -0.610. The Labute approximate surface area is 79.0 Å². The van der Waals surface area contributed by atoms with Gasteiger partial charge < -0.3 is 15.4 Å². The zero-order valence-corrected chi connectivity index (χ0v) is 8.16. The normalized spacial score (nSPS) is 23.2. The van der Waals surface area contributed by atoms with E-state index in [0.29, 0.717) is 13.2 Å². The van der Waals surface area contributed by atoms with E-state index in [2.05, 4.69) is 0 Å². The Morgan fingerprint density at radius 1 is 1.69 bits per heavy atom. The number of carbonyl (C=O) groups is 1. The standard InChI is InChI=1S/C9H18N2O2/c1-2-13-7-9(12)11-5-3-4-8(10)6-11/h8H,2-7,10H2,1H3/t8-/m0/s1. The SMILES string of the molecule is CCOCC(=O)N1CCC[C@H](N)C1. The van der Waals surface area contributed by atoms with Gasteiger partial charge in [-0.2, -0.15) is 0 Å². The second kappa shape index (κ2) is 5.19. The van der Waals surface area contributed by atoms with Crippen molar-refractivity contribution >= 4 is 5.91 Å². The lowest BCUT2D eigenvalue weighted by molar-refractivity contribution is -0.137. The van der Waals surface area contributed by atoms with Gasteiger partial charge in [-0.25, -0.2) is 0 Å². The predicted octanol–water partition coefficient (Wildman–Crippen LogP) is -0.0274. The van der Waals surface area contributed by atoms with Gasteiger partial charge in [0.25, 0.3) is 0 Å². The van der Waals surface area contributed by atoms with Crippen LogP contribution in [-0.2, 0) is 9.53 Å². The molecule has 2 N–H and O–H groups in total. The lowest BCUT2D eigenvalue weighted by Gasteiger charge is -2.30. The number of hydrogen-bond donors (Lipinski definition) is 1. The molecule has 4 nitrogen and oxygen atoms in total. The Balaban J connectivity index is 2.28. The van der Waals surface area contributed by atoms with Gasteiger partial charge in [-0.15, -0.1) is 0 Å². The lowest BCUT2D eigenvalue weighted by Crippen LogP contribution is -2.46. The molecule has 1 amide bonds. The van der Waals surface area contributed by atoms with Crippen molar-refractivity contribution in [1.82, 2.24) is 4.90 Å². The Bertz CT molecular complexity index is 173. The molecule has 1 fully saturated rings. The molecule has 1 aliphatic heterocycles. The maximum absolute atomic E-state index is 11.4. The average molecular weight is 186 g/mol. The summed E-state index contributed by atoms with van der Waals surface area (Å²) in [6.45, 7) is 4.19. The number of nitrogens with zero attached hydrogens (tertiary/aromatic N) is 1. The van der Waals surface area contributed by atoms with Crippen molar-refractivity contribution in [3.05, 3.63) is 0 Å². The number of ether oxygens (including phenoxy) is 1. The molecule has 1 saturated heterocycles. The summed E-state index contributed by atoms with van der Waals surface area (Å²) in [7, 11) is 0. The van der Waals surface area contributed by atoms with Crippen molar-refractivity contribution in [2.45, 2.75) is 25.8 Å². The number of piperidine rings is 1. The first kappa shape index (κ1) is 10.5. The van der Waals surface area contributed by atoms with Crippen LogP contribution in [0, 0.1) is 0 Å². The van der Waals surface area contributed by atoms with Crippen molar-refractivity contribution in [2.75, 3.05) is 26.3 Å². The van der Waals surface area contributed by atoms with Crippen LogP contribution in [0.25, 0.3) is 0 Å². The highest BCUT2D eigenvalue weighted by Crippen LogP contribution is 2.08. The van der Waals surface area contributed by atoms with Crippen LogP contribution in [0.1, 0.15) is 19.8 Å². The fourth-order valence-electron chi connectivity index (χ4n) is 1.52. The zero-order valence-electron chi connectivity index (χ0n) is 8.16. The molecule has 0 aliphatic carbocycles. The third-order valence-electron chi connectivity index (χ3n) is 2.24. The van der Waals surface area contributed by atoms with Crippen LogP contribution in [0.4, 0.5) is 0 Å². The van der Waals surface area contributed by atoms with E-state index in [1.807, 2.05) is 6.92 Å². The zero-order chi connectivity index (χ0) is 9.68. The quantitative estimate of drug-likeness (QED) is 0.673. The van der Waals surface area contributed by atoms with E-state index in [1.165, 1.54) is 0 Å². The van der Waals surface area contributed by atoms with Crippen LogP contribution in [0.15, 0.2) is 0 Å². The second-order valence-electron chi connectivity index (χ2n) is 3.38. The molecular formula is C9H18N2O2. The van der Waals surface area contributed by atoms with Crippen LogP contribution in [0.5, 0.6) is 0 Å². The van der Waals surface area contributed by atoms with Gasteiger partial charge in [0, 0.05) is 25.7 Å². The minimum atomic E-state index is 0.0667.